The zero-order valence-electron chi connectivity index (χ0n) is 5.42. The molecule has 0 bridgehead atoms. The lowest BCUT2D eigenvalue weighted by atomic mass is 10.0. The fourth-order valence-corrected chi connectivity index (χ4v) is 0.823. The largest absolute Gasteiger partial charge is 0.481 e. The number of hydrogen-bond acceptors (Lipinski definition) is 2. The van der Waals surface area contributed by atoms with E-state index < -0.39 is 5.97 Å². The maximum atomic E-state index is 10.3. The minimum atomic E-state index is -0.782. The van der Waals surface area contributed by atoms with Crippen LogP contribution in [0.4, 0.5) is 0 Å². The molecule has 3 N–H and O–H groups in total. The van der Waals surface area contributed by atoms with Gasteiger partial charge >= 0.3 is 5.97 Å². The van der Waals surface area contributed by atoms with Crippen molar-refractivity contribution < 1.29 is 9.90 Å². The first kappa shape index (κ1) is 6.55. The molecule has 1 fully saturated rings. The van der Waals surface area contributed by atoms with Crippen LogP contribution in [0.1, 0.15) is 19.8 Å². The second kappa shape index (κ2) is 1.70. The summed E-state index contributed by atoms with van der Waals surface area (Å²) in [6.07, 6.45) is 1.72. The zero-order valence-corrected chi connectivity index (χ0v) is 5.42. The summed E-state index contributed by atoms with van der Waals surface area (Å²) >= 11 is 0. The van der Waals surface area contributed by atoms with E-state index in [0.29, 0.717) is 0 Å². The van der Waals surface area contributed by atoms with E-state index in [0.717, 1.165) is 12.8 Å². The van der Waals surface area contributed by atoms with Crippen molar-refractivity contribution in [1.82, 2.24) is 0 Å². The SMILES string of the molecule is C[C@H](C(=O)O)C1(N)CC1. The van der Waals surface area contributed by atoms with Gasteiger partial charge in [-0.2, -0.15) is 0 Å². The summed E-state index contributed by atoms with van der Waals surface area (Å²) in [4.78, 5) is 10.3. The monoisotopic (exact) mass is 129 g/mol. The Labute approximate surface area is 53.9 Å². The maximum Gasteiger partial charge on any atom is 0.308 e. The Morgan fingerprint density at radius 2 is 2.22 bits per heavy atom. The number of nitrogens with two attached hydrogens (primary N) is 1. The van der Waals surface area contributed by atoms with Gasteiger partial charge < -0.3 is 10.8 Å². The van der Waals surface area contributed by atoms with Crippen LogP contribution in [0.15, 0.2) is 0 Å². The van der Waals surface area contributed by atoms with E-state index in [1.165, 1.54) is 0 Å². The quantitative estimate of drug-likeness (QED) is 0.559. The first-order valence-corrected chi connectivity index (χ1v) is 3.08. The summed E-state index contributed by atoms with van der Waals surface area (Å²) < 4.78 is 0. The number of carboxylic acids is 1. The highest BCUT2D eigenvalue weighted by molar-refractivity contribution is 5.72. The van der Waals surface area contributed by atoms with Crippen molar-refractivity contribution in [3.63, 3.8) is 0 Å². The molecule has 52 valence electrons. The van der Waals surface area contributed by atoms with Gasteiger partial charge in [0, 0.05) is 5.54 Å². The number of hydrogen-bond donors (Lipinski definition) is 2. The molecular weight excluding hydrogens is 118 g/mol. The fraction of sp³-hybridized carbons (Fsp3) is 0.833. The van der Waals surface area contributed by atoms with Crippen LogP contribution < -0.4 is 5.73 Å². The van der Waals surface area contributed by atoms with Crippen molar-refractivity contribution in [3.05, 3.63) is 0 Å². The van der Waals surface area contributed by atoms with Gasteiger partial charge in [-0.05, 0) is 12.8 Å². The number of carbonyl (C=O) groups is 1. The second-order valence-electron chi connectivity index (χ2n) is 2.79. The molecule has 0 amide bonds. The van der Waals surface area contributed by atoms with Gasteiger partial charge in [-0.15, -0.1) is 0 Å². The third kappa shape index (κ3) is 1.05. The van der Waals surface area contributed by atoms with E-state index in [9.17, 15) is 4.79 Å². The average molecular weight is 129 g/mol. The Hall–Kier alpha value is -0.570. The summed E-state index contributed by atoms with van der Waals surface area (Å²) in [6.45, 7) is 1.66. The Morgan fingerprint density at radius 3 is 2.33 bits per heavy atom. The van der Waals surface area contributed by atoms with Crippen molar-refractivity contribution in [2.75, 3.05) is 0 Å². The summed E-state index contributed by atoms with van der Waals surface area (Å²) in [5, 5.41) is 8.48. The molecule has 9 heavy (non-hydrogen) atoms. The number of rotatable bonds is 2. The van der Waals surface area contributed by atoms with Crippen molar-refractivity contribution >= 4 is 5.97 Å². The average Bonchev–Trinajstić information content (AvgIpc) is 2.47. The molecule has 1 atom stereocenters. The molecule has 0 unspecified atom stereocenters. The van der Waals surface area contributed by atoms with Gasteiger partial charge in [-0.25, -0.2) is 0 Å². The fourth-order valence-electron chi connectivity index (χ4n) is 0.823. The maximum absolute atomic E-state index is 10.3. The number of aliphatic carboxylic acids is 1. The summed E-state index contributed by atoms with van der Waals surface area (Å²) in [7, 11) is 0. The van der Waals surface area contributed by atoms with Crippen LogP contribution in [0.2, 0.25) is 0 Å². The summed E-state index contributed by atoms with van der Waals surface area (Å²) in [6, 6.07) is 0. The van der Waals surface area contributed by atoms with Crippen LogP contribution in [0.25, 0.3) is 0 Å². The van der Waals surface area contributed by atoms with Gasteiger partial charge in [-0.3, -0.25) is 4.79 Å². The van der Waals surface area contributed by atoms with Crippen LogP contribution >= 0.6 is 0 Å². The molecule has 0 aliphatic heterocycles. The minimum Gasteiger partial charge on any atom is -0.481 e. The van der Waals surface area contributed by atoms with Crippen molar-refractivity contribution in [1.29, 1.82) is 0 Å². The topological polar surface area (TPSA) is 63.3 Å². The standard InChI is InChI=1S/C6H11NO2/c1-4(5(8)9)6(7)2-3-6/h4H,2-3,7H2,1H3,(H,8,9)/t4-/m1/s1. The van der Waals surface area contributed by atoms with Crippen LogP contribution in [0.5, 0.6) is 0 Å². The van der Waals surface area contributed by atoms with E-state index in [-0.39, 0.29) is 11.5 Å². The predicted molar refractivity (Wildman–Crippen MR) is 33.0 cm³/mol. The van der Waals surface area contributed by atoms with Gasteiger partial charge in [0.1, 0.15) is 0 Å². The molecule has 0 radical (unpaired) electrons. The lowest BCUT2D eigenvalue weighted by Crippen LogP contribution is -2.35. The molecule has 0 spiro atoms. The molecule has 0 aromatic carbocycles. The third-order valence-corrected chi connectivity index (χ3v) is 2.06. The minimum absolute atomic E-state index is 0.369. The molecule has 1 saturated carbocycles. The Kier molecular flexibility index (Phi) is 1.24. The van der Waals surface area contributed by atoms with Crippen molar-refractivity contribution in [2.24, 2.45) is 11.7 Å². The third-order valence-electron chi connectivity index (χ3n) is 2.06. The van der Waals surface area contributed by atoms with Gasteiger partial charge in [-0.1, -0.05) is 6.92 Å². The molecular formula is C6H11NO2. The lowest BCUT2D eigenvalue weighted by Gasteiger charge is -2.12. The Bertz CT molecular complexity index is 140. The van der Waals surface area contributed by atoms with Crippen LogP contribution in [-0.2, 0) is 4.79 Å². The highest BCUT2D eigenvalue weighted by Gasteiger charge is 2.46. The van der Waals surface area contributed by atoms with Gasteiger partial charge in [0.05, 0.1) is 5.92 Å². The van der Waals surface area contributed by atoms with Crippen LogP contribution in [0, 0.1) is 5.92 Å². The normalized spacial score (nSPS) is 25.1. The summed E-state index contributed by atoms with van der Waals surface area (Å²) in [5.41, 5.74) is 5.24. The van der Waals surface area contributed by atoms with E-state index >= 15 is 0 Å². The van der Waals surface area contributed by atoms with Crippen molar-refractivity contribution in [3.8, 4) is 0 Å². The molecule has 1 rings (SSSR count). The zero-order chi connectivity index (χ0) is 7.07. The van der Waals surface area contributed by atoms with Gasteiger partial charge in [0.15, 0.2) is 0 Å². The number of carboxylic acid groups (broad SMARTS) is 1. The molecule has 1 aliphatic rings. The highest BCUT2D eigenvalue weighted by atomic mass is 16.4. The first-order chi connectivity index (χ1) is 4.06. The smallest absolute Gasteiger partial charge is 0.308 e. The molecule has 1 aliphatic carbocycles. The van der Waals surface area contributed by atoms with E-state index in [1.54, 1.807) is 6.92 Å². The first-order valence-electron chi connectivity index (χ1n) is 3.08. The highest BCUT2D eigenvalue weighted by Crippen LogP contribution is 2.39. The van der Waals surface area contributed by atoms with Crippen molar-refractivity contribution in [2.45, 2.75) is 25.3 Å². The summed E-state index contributed by atoms with van der Waals surface area (Å²) in [5.74, 6) is -1.16. The molecule has 0 heterocycles. The molecule has 0 saturated heterocycles. The van der Waals surface area contributed by atoms with Crippen LogP contribution in [0.3, 0.4) is 0 Å². The second-order valence-corrected chi connectivity index (χ2v) is 2.79. The predicted octanol–water partition coefficient (Wildman–Crippen LogP) is 0.198. The molecule has 3 heteroatoms. The Balaban J connectivity index is 2.52. The van der Waals surface area contributed by atoms with E-state index in [2.05, 4.69) is 0 Å². The van der Waals surface area contributed by atoms with E-state index in [4.69, 9.17) is 10.8 Å². The molecule has 0 aromatic heterocycles. The van der Waals surface area contributed by atoms with Crippen LogP contribution in [-0.4, -0.2) is 16.6 Å². The Morgan fingerprint density at radius 1 is 1.78 bits per heavy atom. The van der Waals surface area contributed by atoms with E-state index in [1.807, 2.05) is 0 Å². The lowest BCUT2D eigenvalue weighted by molar-refractivity contribution is -0.142. The van der Waals surface area contributed by atoms with Gasteiger partial charge in [0.25, 0.3) is 0 Å². The molecule has 3 nitrogen and oxygen atoms in total. The molecule has 0 aromatic rings. The van der Waals surface area contributed by atoms with Gasteiger partial charge in [0.2, 0.25) is 0 Å².